The lowest BCUT2D eigenvalue weighted by molar-refractivity contribution is 0.122. The van der Waals surface area contributed by atoms with E-state index in [4.69, 9.17) is 4.74 Å². The predicted molar refractivity (Wildman–Crippen MR) is 102 cm³/mol. The Morgan fingerprint density at radius 1 is 1.19 bits per heavy atom. The van der Waals surface area contributed by atoms with Crippen molar-refractivity contribution in [2.75, 3.05) is 36.5 Å². The van der Waals surface area contributed by atoms with Crippen LogP contribution in [0.15, 0.2) is 24.3 Å². The number of carbonyl (C=O) groups is 1. The number of hydrogen-bond acceptors (Lipinski definition) is 5. The monoisotopic (exact) mass is 355 g/mol. The van der Waals surface area contributed by atoms with Gasteiger partial charge in [-0.1, -0.05) is 12.1 Å². The number of amides is 2. The van der Waals surface area contributed by atoms with E-state index in [0.717, 1.165) is 41.4 Å². The van der Waals surface area contributed by atoms with Crippen LogP contribution in [0, 0.1) is 20.8 Å². The summed E-state index contributed by atoms with van der Waals surface area (Å²) in [6.45, 7) is 9.26. The van der Waals surface area contributed by atoms with Gasteiger partial charge in [0.1, 0.15) is 11.6 Å². The maximum Gasteiger partial charge on any atom is 0.319 e. The van der Waals surface area contributed by atoms with Crippen molar-refractivity contribution in [2.24, 2.45) is 0 Å². The number of hydrogen-bond donors (Lipinski definition) is 2. The first-order valence-corrected chi connectivity index (χ1v) is 8.81. The summed E-state index contributed by atoms with van der Waals surface area (Å²) in [4.78, 5) is 23.4. The van der Waals surface area contributed by atoms with Crippen LogP contribution in [0.2, 0.25) is 0 Å². The van der Waals surface area contributed by atoms with Crippen LogP contribution in [0.3, 0.4) is 0 Å². The Labute approximate surface area is 153 Å². The highest BCUT2D eigenvalue weighted by Crippen LogP contribution is 2.18. The number of morpholine rings is 1. The highest BCUT2D eigenvalue weighted by atomic mass is 16.5. The third-order valence-electron chi connectivity index (χ3n) is 4.48. The van der Waals surface area contributed by atoms with E-state index in [2.05, 4.69) is 25.5 Å². The molecule has 2 aromatic rings. The van der Waals surface area contributed by atoms with E-state index in [1.807, 2.05) is 45.0 Å². The van der Waals surface area contributed by atoms with E-state index in [9.17, 15) is 4.79 Å². The number of nitrogens with one attached hydrogen (secondary N) is 2. The lowest BCUT2D eigenvalue weighted by atomic mass is 10.1. The number of benzene rings is 1. The molecular formula is C19H25N5O2. The van der Waals surface area contributed by atoms with E-state index < -0.39 is 0 Å². The molecule has 1 aliphatic heterocycles. The van der Waals surface area contributed by atoms with Crippen LogP contribution in [0.25, 0.3) is 0 Å². The molecule has 2 amide bonds. The number of urea groups is 1. The molecule has 26 heavy (non-hydrogen) atoms. The lowest BCUT2D eigenvalue weighted by Gasteiger charge is -2.28. The fraction of sp³-hybridized carbons (Fsp3) is 0.421. The summed E-state index contributed by atoms with van der Waals surface area (Å²) in [6.07, 6.45) is 0. The van der Waals surface area contributed by atoms with E-state index in [-0.39, 0.29) is 12.6 Å². The highest BCUT2D eigenvalue weighted by Gasteiger charge is 2.14. The molecule has 0 unspecified atom stereocenters. The average Bonchev–Trinajstić information content (AvgIpc) is 2.64. The van der Waals surface area contributed by atoms with Crippen molar-refractivity contribution in [3.05, 3.63) is 46.9 Å². The molecule has 0 aliphatic carbocycles. The summed E-state index contributed by atoms with van der Waals surface area (Å²) < 4.78 is 5.38. The Kier molecular flexibility index (Phi) is 5.68. The van der Waals surface area contributed by atoms with Gasteiger partial charge in [-0.15, -0.1) is 0 Å². The molecule has 0 bridgehead atoms. The summed E-state index contributed by atoms with van der Waals surface area (Å²) >= 11 is 0. The second kappa shape index (κ2) is 8.14. The molecule has 0 spiro atoms. The molecule has 1 aromatic heterocycles. The van der Waals surface area contributed by atoms with Gasteiger partial charge in [-0.2, -0.15) is 0 Å². The Morgan fingerprint density at radius 2 is 1.96 bits per heavy atom. The first kappa shape index (κ1) is 18.1. The van der Waals surface area contributed by atoms with E-state index in [0.29, 0.717) is 19.0 Å². The van der Waals surface area contributed by atoms with Crippen LogP contribution in [0.1, 0.15) is 22.6 Å². The van der Waals surface area contributed by atoms with Gasteiger partial charge < -0.3 is 20.3 Å². The molecule has 138 valence electrons. The zero-order valence-corrected chi connectivity index (χ0v) is 15.5. The van der Waals surface area contributed by atoms with Gasteiger partial charge in [0.15, 0.2) is 0 Å². The summed E-state index contributed by atoms with van der Waals surface area (Å²) in [5.74, 6) is 1.48. The van der Waals surface area contributed by atoms with Crippen molar-refractivity contribution >= 4 is 17.5 Å². The largest absolute Gasteiger partial charge is 0.378 e. The molecule has 1 aliphatic rings. The van der Waals surface area contributed by atoms with Crippen molar-refractivity contribution in [3.8, 4) is 0 Å². The van der Waals surface area contributed by atoms with Crippen molar-refractivity contribution in [1.82, 2.24) is 15.3 Å². The number of nitrogens with zero attached hydrogens (tertiary/aromatic N) is 3. The van der Waals surface area contributed by atoms with Crippen LogP contribution in [-0.2, 0) is 11.3 Å². The Morgan fingerprint density at radius 3 is 2.73 bits per heavy atom. The van der Waals surface area contributed by atoms with Crippen molar-refractivity contribution in [3.63, 3.8) is 0 Å². The molecule has 3 rings (SSSR count). The molecule has 7 nitrogen and oxygen atoms in total. The van der Waals surface area contributed by atoms with Gasteiger partial charge in [0.2, 0.25) is 0 Å². The Bertz CT molecular complexity index is 787. The normalized spacial score (nSPS) is 14.2. The van der Waals surface area contributed by atoms with Crippen molar-refractivity contribution in [1.29, 1.82) is 0 Å². The van der Waals surface area contributed by atoms with Gasteiger partial charge >= 0.3 is 6.03 Å². The van der Waals surface area contributed by atoms with Gasteiger partial charge in [0.25, 0.3) is 0 Å². The van der Waals surface area contributed by atoms with E-state index >= 15 is 0 Å². The summed E-state index contributed by atoms with van der Waals surface area (Å²) in [5.41, 5.74) is 3.89. The number of anilines is 2. The topological polar surface area (TPSA) is 79.4 Å². The van der Waals surface area contributed by atoms with Gasteiger partial charge in [-0.05, 0) is 38.0 Å². The minimum atomic E-state index is -0.267. The fourth-order valence-electron chi connectivity index (χ4n) is 2.86. The summed E-state index contributed by atoms with van der Waals surface area (Å²) in [6, 6.07) is 7.53. The van der Waals surface area contributed by atoms with Gasteiger partial charge in [-0.3, -0.25) is 0 Å². The SMILES string of the molecule is Cc1cc(N2CCOCC2)nc(CNC(=O)Nc2cccc(C)c2C)n1. The number of rotatable bonds is 4. The van der Waals surface area contributed by atoms with Crippen LogP contribution >= 0.6 is 0 Å². The summed E-state index contributed by atoms with van der Waals surface area (Å²) in [7, 11) is 0. The third-order valence-corrected chi connectivity index (χ3v) is 4.48. The van der Waals surface area contributed by atoms with Crippen LogP contribution in [0.5, 0.6) is 0 Å². The predicted octanol–water partition coefficient (Wildman–Crippen LogP) is 2.56. The summed E-state index contributed by atoms with van der Waals surface area (Å²) in [5, 5.41) is 5.71. The average molecular weight is 355 g/mol. The zero-order chi connectivity index (χ0) is 18.5. The minimum Gasteiger partial charge on any atom is -0.378 e. The molecule has 1 aromatic carbocycles. The molecule has 7 heteroatoms. The van der Waals surface area contributed by atoms with Gasteiger partial charge in [0.05, 0.1) is 19.8 Å². The standard InChI is InChI=1S/C19H25N5O2/c1-13-5-4-6-16(15(13)3)22-19(25)20-12-17-21-14(2)11-18(23-17)24-7-9-26-10-8-24/h4-6,11H,7-10,12H2,1-3H3,(H2,20,22,25). The van der Waals surface area contributed by atoms with E-state index in [1.165, 1.54) is 0 Å². The number of aryl methyl sites for hydroxylation is 2. The van der Waals surface area contributed by atoms with E-state index in [1.54, 1.807) is 0 Å². The lowest BCUT2D eigenvalue weighted by Crippen LogP contribution is -2.37. The fourth-order valence-corrected chi connectivity index (χ4v) is 2.86. The maximum absolute atomic E-state index is 12.2. The number of aromatic nitrogens is 2. The van der Waals surface area contributed by atoms with Crippen LogP contribution in [-0.4, -0.2) is 42.3 Å². The minimum absolute atomic E-state index is 0.267. The van der Waals surface area contributed by atoms with Crippen molar-refractivity contribution in [2.45, 2.75) is 27.3 Å². The van der Waals surface area contributed by atoms with Crippen molar-refractivity contribution < 1.29 is 9.53 Å². The van der Waals surface area contributed by atoms with Gasteiger partial charge in [0, 0.05) is 30.5 Å². The number of carbonyl (C=O) groups excluding carboxylic acids is 1. The van der Waals surface area contributed by atoms with Crippen LogP contribution in [0.4, 0.5) is 16.3 Å². The maximum atomic E-state index is 12.2. The molecule has 0 atom stereocenters. The molecule has 0 saturated carbocycles. The van der Waals surface area contributed by atoms with Gasteiger partial charge in [-0.25, -0.2) is 14.8 Å². The molecule has 1 saturated heterocycles. The molecule has 1 fully saturated rings. The smallest absolute Gasteiger partial charge is 0.319 e. The first-order chi connectivity index (χ1) is 12.5. The third kappa shape index (κ3) is 4.49. The first-order valence-electron chi connectivity index (χ1n) is 8.81. The van der Waals surface area contributed by atoms with Crippen LogP contribution < -0.4 is 15.5 Å². The molecule has 2 N–H and O–H groups in total. The quantitative estimate of drug-likeness (QED) is 0.881. The second-order valence-corrected chi connectivity index (χ2v) is 6.44. The Hall–Kier alpha value is -2.67. The Balaban J connectivity index is 1.62. The zero-order valence-electron chi connectivity index (χ0n) is 15.5. The molecule has 2 heterocycles. The molecule has 0 radical (unpaired) electrons. The second-order valence-electron chi connectivity index (χ2n) is 6.44. The molecular weight excluding hydrogens is 330 g/mol. The highest BCUT2D eigenvalue weighted by molar-refractivity contribution is 5.90. The number of ether oxygens (including phenoxy) is 1.